The molecule has 0 radical (unpaired) electrons. The van der Waals surface area contributed by atoms with Crippen LogP contribution in [0.3, 0.4) is 0 Å². The summed E-state index contributed by atoms with van der Waals surface area (Å²) in [7, 11) is -3.56. The van der Waals surface area contributed by atoms with Crippen molar-refractivity contribution in [3.8, 4) is 0 Å². The van der Waals surface area contributed by atoms with Gasteiger partial charge in [0, 0.05) is 17.0 Å². The van der Waals surface area contributed by atoms with Gasteiger partial charge in [0.2, 0.25) is 0 Å². The molecule has 0 amide bonds. The molecule has 108 valence electrons. The number of thiazole rings is 1. The summed E-state index contributed by atoms with van der Waals surface area (Å²) in [6.45, 7) is 3.72. The van der Waals surface area contributed by atoms with Gasteiger partial charge in [-0.25, -0.2) is 13.1 Å². The Labute approximate surface area is 121 Å². The minimum atomic E-state index is -3.56. The number of nitrogens with one attached hydrogen (secondary N) is 2. The second kappa shape index (κ2) is 5.99. The first-order chi connectivity index (χ1) is 8.92. The Morgan fingerprint density at radius 1 is 1.47 bits per heavy atom. The highest BCUT2D eigenvalue weighted by Gasteiger charge is 2.30. The SMILES string of the molecule is CCSC1CCC(NS(=O)(=O)c2sc(=O)[nH]c2C)C1. The van der Waals surface area contributed by atoms with E-state index in [1.165, 1.54) is 0 Å². The number of H-pyrrole nitrogens is 1. The van der Waals surface area contributed by atoms with E-state index in [4.69, 9.17) is 0 Å². The molecule has 8 heteroatoms. The van der Waals surface area contributed by atoms with Gasteiger partial charge in [0.1, 0.15) is 0 Å². The smallest absolute Gasteiger partial charge is 0.305 e. The highest BCUT2D eigenvalue weighted by molar-refractivity contribution is 7.99. The van der Waals surface area contributed by atoms with E-state index in [0.29, 0.717) is 10.9 Å². The van der Waals surface area contributed by atoms with Crippen LogP contribution < -0.4 is 9.60 Å². The Balaban J connectivity index is 2.07. The van der Waals surface area contributed by atoms with Gasteiger partial charge in [0.25, 0.3) is 10.0 Å². The van der Waals surface area contributed by atoms with Gasteiger partial charge in [0.05, 0.1) is 0 Å². The maximum absolute atomic E-state index is 12.2. The highest BCUT2D eigenvalue weighted by atomic mass is 32.2. The topological polar surface area (TPSA) is 79.0 Å². The maximum atomic E-state index is 12.2. The largest absolute Gasteiger partial charge is 0.315 e. The van der Waals surface area contributed by atoms with E-state index >= 15 is 0 Å². The first kappa shape index (κ1) is 15.1. The molecule has 2 rings (SSSR count). The summed E-state index contributed by atoms with van der Waals surface area (Å²) in [5.41, 5.74) is 0.417. The molecule has 0 saturated heterocycles. The van der Waals surface area contributed by atoms with E-state index in [2.05, 4.69) is 16.6 Å². The molecule has 1 aliphatic rings. The van der Waals surface area contributed by atoms with Gasteiger partial charge < -0.3 is 4.98 Å². The Morgan fingerprint density at radius 3 is 2.79 bits per heavy atom. The van der Waals surface area contributed by atoms with Crippen LogP contribution in [0.1, 0.15) is 31.9 Å². The summed E-state index contributed by atoms with van der Waals surface area (Å²) in [4.78, 5) is 13.4. The molecule has 1 aliphatic carbocycles. The zero-order valence-corrected chi connectivity index (χ0v) is 13.4. The molecule has 1 heterocycles. The Bertz CT molecular complexity index is 591. The molecule has 0 aromatic carbocycles. The van der Waals surface area contributed by atoms with E-state index in [1.807, 2.05) is 11.8 Å². The van der Waals surface area contributed by atoms with E-state index in [1.54, 1.807) is 6.92 Å². The first-order valence-corrected chi connectivity index (χ1v) is 9.61. The molecule has 0 spiro atoms. The Morgan fingerprint density at radius 2 is 2.21 bits per heavy atom. The van der Waals surface area contributed by atoms with Crippen molar-refractivity contribution in [1.29, 1.82) is 0 Å². The third-order valence-corrected chi connectivity index (χ3v) is 7.49. The van der Waals surface area contributed by atoms with Crippen LogP contribution in [-0.4, -0.2) is 30.4 Å². The van der Waals surface area contributed by atoms with Gasteiger partial charge in [-0.3, -0.25) is 4.79 Å². The van der Waals surface area contributed by atoms with Gasteiger partial charge in [-0.05, 0) is 31.9 Å². The molecular formula is C11H18N2O3S3. The summed E-state index contributed by atoms with van der Waals surface area (Å²) >= 11 is 2.63. The number of aromatic amines is 1. The lowest BCUT2D eigenvalue weighted by Crippen LogP contribution is -2.33. The maximum Gasteiger partial charge on any atom is 0.305 e. The fraction of sp³-hybridized carbons (Fsp3) is 0.727. The average molecular weight is 322 g/mol. The van der Waals surface area contributed by atoms with E-state index in [9.17, 15) is 13.2 Å². The molecular weight excluding hydrogens is 304 g/mol. The molecule has 1 aromatic rings. The molecule has 0 aliphatic heterocycles. The number of aryl methyl sites for hydroxylation is 1. The van der Waals surface area contributed by atoms with Gasteiger partial charge in [0.15, 0.2) is 4.21 Å². The van der Waals surface area contributed by atoms with Crippen molar-refractivity contribution in [2.24, 2.45) is 0 Å². The van der Waals surface area contributed by atoms with Crippen molar-refractivity contribution < 1.29 is 8.42 Å². The van der Waals surface area contributed by atoms with Crippen LogP contribution in [0.25, 0.3) is 0 Å². The van der Waals surface area contributed by atoms with Gasteiger partial charge in [-0.15, -0.1) is 0 Å². The number of hydrogen-bond donors (Lipinski definition) is 2. The van der Waals surface area contributed by atoms with Crippen LogP contribution >= 0.6 is 23.1 Å². The average Bonchev–Trinajstić information content (AvgIpc) is 2.86. The van der Waals surface area contributed by atoms with Crippen molar-refractivity contribution in [3.63, 3.8) is 0 Å². The summed E-state index contributed by atoms with van der Waals surface area (Å²) in [6, 6.07) is -0.00866. The van der Waals surface area contributed by atoms with E-state index in [-0.39, 0.29) is 15.1 Å². The standard InChI is InChI=1S/C11H18N2O3S3/c1-3-17-9-5-4-8(6-9)13-19(15,16)10-7(2)12-11(14)18-10/h8-9,13H,3-6H2,1-2H3,(H,12,14). The third-order valence-electron chi connectivity index (χ3n) is 3.13. The number of aromatic nitrogens is 1. The van der Waals surface area contributed by atoms with Gasteiger partial charge in [-0.2, -0.15) is 11.8 Å². The number of sulfonamides is 1. The second-order valence-electron chi connectivity index (χ2n) is 4.64. The monoisotopic (exact) mass is 322 g/mol. The van der Waals surface area contributed by atoms with Gasteiger partial charge >= 0.3 is 4.87 Å². The zero-order valence-electron chi connectivity index (χ0n) is 10.9. The molecule has 1 aromatic heterocycles. The molecule has 1 fully saturated rings. The van der Waals surface area contributed by atoms with Crippen LogP contribution in [0.15, 0.2) is 9.00 Å². The molecule has 5 nitrogen and oxygen atoms in total. The summed E-state index contributed by atoms with van der Waals surface area (Å²) in [5, 5.41) is 0.545. The minimum absolute atomic E-state index is 0.00866. The normalized spacial score (nSPS) is 23.9. The van der Waals surface area contributed by atoms with Crippen molar-refractivity contribution in [3.05, 3.63) is 15.4 Å². The minimum Gasteiger partial charge on any atom is -0.315 e. The number of rotatable bonds is 5. The summed E-state index contributed by atoms with van der Waals surface area (Å²) in [6.07, 6.45) is 2.79. The fourth-order valence-corrected chi connectivity index (χ4v) is 6.10. The lowest BCUT2D eigenvalue weighted by Gasteiger charge is -2.12. The van der Waals surface area contributed by atoms with Crippen LogP contribution in [-0.2, 0) is 10.0 Å². The molecule has 0 bridgehead atoms. The highest BCUT2D eigenvalue weighted by Crippen LogP contribution is 2.30. The summed E-state index contributed by atoms with van der Waals surface area (Å²) < 4.78 is 27.3. The Kier molecular flexibility index (Phi) is 4.75. The van der Waals surface area contributed by atoms with Crippen molar-refractivity contribution >= 4 is 33.1 Å². The van der Waals surface area contributed by atoms with E-state index < -0.39 is 10.0 Å². The lowest BCUT2D eigenvalue weighted by molar-refractivity contribution is 0.554. The lowest BCUT2D eigenvalue weighted by atomic mass is 10.3. The van der Waals surface area contributed by atoms with Crippen LogP contribution in [0.5, 0.6) is 0 Å². The molecule has 1 saturated carbocycles. The fourth-order valence-electron chi connectivity index (χ4n) is 2.35. The zero-order chi connectivity index (χ0) is 14.0. The predicted molar refractivity (Wildman–Crippen MR) is 79.6 cm³/mol. The van der Waals surface area contributed by atoms with Crippen molar-refractivity contribution in [1.82, 2.24) is 9.71 Å². The van der Waals surface area contributed by atoms with Crippen molar-refractivity contribution in [2.75, 3.05) is 5.75 Å². The molecule has 2 N–H and O–H groups in total. The third kappa shape index (κ3) is 3.62. The molecule has 19 heavy (non-hydrogen) atoms. The van der Waals surface area contributed by atoms with Gasteiger partial charge in [-0.1, -0.05) is 18.3 Å². The quantitative estimate of drug-likeness (QED) is 0.865. The number of hydrogen-bond acceptors (Lipinski definition) is 5. The van der Waals surface area contributed by atoms with Crippen molar-refractivity contribution in [2.45, 2.75) is 48.6 Å². The van der Waals surface area contributed by atoms with Crippen LogP contribution in [0, 0.1) is 6.92 Å². The van der Waals surface area contributed by atoms with Crippen LogP contribution in [0.2, 0.25) is 0 Å². The molecule has 2 unspecified atom stereocenters. The number of thioether (sulfide) groups is 1. The predicted octanol–water partition coefficient (Wildman–Crippen LogP) is 1.70. The summed E-state index contributed by atoms with van der Waals surface area (Å²) in [5.74, 6) is 1.06. The Hall–Kier alpha value is -0.310. The van der Waals surface area contributed by atoms with Crippen LogP contribution in [0.4, 0.5) is 0 Å². The second-order valence-corrected chi connectivity index (χ2v) is 9.11. The van der Waals surface area contributed by atoms with E-state index in [0.717, 1.165) is 36.4 Å². The molecule has 2 atom stereocenters. The first-order valence-electron chi connectivity index (χ1n) is 6.26.